The molecule has 1 aliphatic rings. The van der Waals surface area contributed by atoms with Gasteiger partial charge in [-0.15, -0.1) is 21.5 Å². The molecule has 2 aromatic heterocycles. The van der Waals surface area contributed by atoms with Gasteiger partial charge in [-0.05, 0) is 42.7 Å². The number of rotatable bonds is 9. The van der Waals surface area contributed by atoms with E-state index >= 15 is 0 Å². The quantitative estimate of drug-likeness (QED) is 0.388. The number of carbonyl (C=O) groups is 1. The Balaban J connectivity index is 1.53. The first-order valence-electron chi connectivity index (χ1n) is 10.3. The lowest BCUT2D eigenvalue weighted by molar-refractivity contribution is -0.164. The number of thiophene rings is 1. The van der Waals surface area contributed by atoms with Crippen molar-refractivity contribution in [1.29, 1.82) is 0 Å². The van der Waals surface area contributed by atoms with E-state index in [1.807, 2.05) is 52.4 Å². The zero-order valence-corrected chi connectivity index (χ0v) is 19.1. The topological polar surface area (TPSA) is 51.0 Å². The number of alkyl halides is 3. The molecule has 1 fully saturated rings. The lowest BCUT2D eigenvalue weighted by Gasteiger charge is -2.30. The van der Waals surface area contributed by atoms with Crippen molar-refractivity contribution in [2.45, 2.75) is 43.7 Å². The smallest absolute Gasteiger partial charge is 0.330 e. The van der Waals surface area contributed by atoms with Crippen molar-refractivity contribution >= 4 is 29.0 Å². The molecule has 0 radical (unpaired) electrons. The van der Waals surface area contributed by atoms with Gasteiger partial charge in [0.1, 0.15) is 6.54 Å². The second-order valence-corrected chi connectivity index (χ2v) is 9.75. The summed E-state index contributed by atoms with van der Waals surface area (Å²) in [6.45, 7) is 0.988. The number of thioether (sulfide) groups is 1. The van der Waals surface area contributed by atoms with Gasteiger partial charge in [0, 0.05) is 6.04 Å². The number of nitrogens with zero attached hydrogens (tertiary/aromatic N) is 4. The summed E-state index contributed by atoms with van der Waals surface area (Å²) in [4.78, 5) is 14.7. The van der Waals surface area contributed by atoms with Crippen molar-refractivity contribution in [3.05, 3.63) is 53.4 Å². The minimum atomic E-state index is -4.43. The van der Waals surface area contributed by atoms with Gasteiger partial charge in [0.2, 0.25) is 5.91 Å². The van der Waals surface area contributed by atoms with Crippen LogP contribution in [0.3, 0.4) is 0 Å². The Morgan fingerprint density at radius 3 is 2.59 bits per heavy atom. The molecule has 0 spiro atoms. The molecular weight excluding hydrogens is 457 g/mol. The van der Waals surface area contributed by atoms with Crippen molar-refractivity contribution in [2.75, 3.05) is 12.3 Å². The van der Waals surface area contributed by atoms with Crippen LogP contribution in [0.5, 0.6) is 0 Å². The van der Waals surface area contributed by atoms with Crippen LogP contribution in [0.2, 0.25) is 0 Å². The van der Waals surface area contributed by atoms with Crippen LogP contribution in [0, 0.1) is 5.92 Å². The average molecular weight is 481 g/mol. The van der Waals surface area contributed by atoms with Crippen molar-refractivity contribution in [1.82, 2.24) is 19.7 Å². The first-order valence-corrected chi connectivity index (χ1v) is 12.2. The predicted octanol–water partition coefficient (Wildman–Crippen LogP) is 5.34. The molecule has 2 heterocycles. The fourth-order valence-corrected chi connectivity index (χ4v) is 5.13. The molecule has 0 aliphatic heterocycles. The SMILES string of the molecule is CC(C1CC1)N(CC(F)(F)F)C(=O)CSc1nnc(-c2cccs2)n1Cc1ccccc1. The zero-order valence-electron chi connectivity index (χ0n) is 17.5. The minimum absolute atomic E-state index is 0.121. The van der Waals surface area contributed by atoms with Gasteiger partial charge >= 0.3 is 6.18 Å². The summed E-state index contributed by atoms with van der Waals surface area (Å²) in [7, 11) is 0. The average Bonchev–Trinajstić information content (AvgIpc) is 3.32. The van der Waals surface area contributed by atoms with E-state index in [1.54, 1.807) is 6.92 Å². The highest BCUT2D eigenvalue weighted by Gasteiger charge is 2.40. The summed E-state index contributed by atoms with van der Waals surface area (Å²) in [5, 5.41) is 11.0. The van der Waals surface area contributed by atoms with Gasteiger partial charge in [0.05, 0.1) is 17.2 Å². The van der Waals surface area contributed by atoms with Gasteiger partial charge in [0.25, 0.3) is 0 Å². The highest BCUT2D eigenvalue weighted by molar-refractivity contribution is 7.99. The first-order chi connectivity index (χ1) is 15.3. The van der Waals surface area contributed by atoms with Gasteiger partial charge in [-0.25, -0.2) is 0 Å². The van der Waals surface area contributed by atoms with Gasteiger partial charge in [-0.3, -0.25) is 9.36 Å². The predicted molar refractivity (Wildman–Crippen MR) is 120 cm³/mol. The van der Waals surface area contributed by atoms with Crippen molar-refractivity contribution < 1.29 is 18.0 Å². The first kappa shape index (κ1) is 22.8. The van der Waals surface area contributed by atoms with Crippen LogP contribution in [-0.2, 0) is 11.3 Å². The lowest BCUT2D eigenvalue weighted by Crippen LogP contribution is -2.46. The van der Waals surface area contributed by atoms with E-state index in [0.29, 0.717) is 17.5 Å². The van der Waals surface area contributed by atoms with Crippen LogP contribution < -0.4 is 0 Å². The number of halogens is 3. The molecule has 1 unspecified atom stereocenters. The molecule has 1 saturated carbocycles. The van der Waals surface area contributed by atoms with Crippen molar-refractivity contribution in [3.63, 3.8) is 0 Å². The molecule has 1 atom stereocenters. The van der Waals surface area contributed by atoms with E-state index in [1.165, 1.54) is 11.3 Å². The Hall–Kier alpha value is -2.33. The molecule has 4 rings (SSSR count). The van der Waals surface area contributed by atoms with Crippen LogP contribution in [0.15, 0.2) is 53.0 Å². The number of amides is 1. The largest absolute Gasteiger partial charge is 0.406 e. The van der Waals surface area contributed by atoms with Crippen LogP contribution in [0.4, 0.5) is 13.2 Å². The molecule has 1 aromatic carbocycles. The van der Waals surface area contributed by atoms with Gasteiger partial charge in [-0.2, -0.15) is 13.2 Å². The Morgan fingerprint density at radius 2 is 1.97 bits per heavy atom. The number of carbonyl (C=O) groups excluding carboxylic acids is 1. The van der Waals surface area contributed by atoms with Crippen molar-refractivity contribution in [2.24, 2.45) is 5.92 Å². The molecule has 0 N–H and O–H groups in total. The van der Waals surface area contributed by atoms with E-state index in [2.05, 4.69) is 10.2 Å². The summed E-state index contributed by atoms with van der Waals surface area (Å²) in [5.41, 5.74) is 1.04. The molecule has 3 aromatic rings. The second kappa shape index (κ2) is 9.66. The summed E-state index contributed by atoms with van der Waals surface area (Å²) in [5.74, 6) is 0.180. The third-order valence-corrected chi connectivity index (χ3v) is 7.25. The Labute approximate surface area is 192 Å². The van der Waals surface area contributed by atoms with Gasteiger partial charge in [-0.1, -0.05) is 48.2 Å². The maximum atomic E-state index is 13.1. The molecular formula is C22H23F3N4OS2. The van der Waals surface area contributed by atoms with Gasteiger partial charge in [0.15, 0.2) is 11.0 Å². The van der Waals surface area contributed by atoms with E-state index in [4.69, 9.17) is 0 Å². The molecule has 5 nitrogen and oxygen atoms in total. The second-order valence-electron chi connectivity index (χ2n) is 7.86. The molecule has 32 heavy (non-hydrogen) atoms. The van der Waals surface area contributed by atoms with Crippen molar-refractivity contribution in [3.8, 4) is 10.7 Å². The third kappa shape index (κ3) is 5.72. The number of benzene rings is 1. The standard InChI is InChI=1S/C22H23F3N4OS2/c1-15(17-9-10-17)29(14-22(23,24)25)19(30)13-32-21-27-26-20(18-8-5-11-31-18)28(21)12-16-6-3-2-4-7-16/h2-8,11,15,17H,9-10,12-14H2,1H3. The zero-order chi connectivity index (χ0) is 22.7. The summed E-state index contributed by atoms with van der Waals surface area (Å²) >= 11 is 2.66. The number of hydrogen-bond acceptors (Lipinski definition) is 5. The number of hydrogen-bond donors (Lipinski definition) is 0. The molecule has 170 valence electrons. The van der Waals surface area contributed by atoms with E-state index in [0.717, 1.165) is 39.9 Å². The highest BCUT2D eigenvalue weighted by Crippen LogP contribution is 2.37. The molecule has 10 heteroatoms. The highest BCUT2D eigenvalue weighted by atomic mass is 32.2. The fourth-order valence-electron chi connectivity index (χ4n) is 3.59. The normalized spacial score (nSPS) is 15.0. The Morgan fingerprint density at radius 1 is 1.22 bits per heavy atom. The van der Waals surface area contributed by atoms with Crippen LogP contribution in [0.1, 0.15) is 25.3 Å². The van der Waals surface area contributed by atoms with Crippen LogP contribution in [-0.4, -0.2) is 50.1 Å². The Bertz CT molecular complexity index is 1030. The lowest BCUT2D eigenvalue weighted by atomic mass is 10.2. The molecule has 1 amide bonds. The summed E-state index contributed by atoms with van der Waals surface area (Å²) in [6.07, 6.45) is -2.69. The Kier molecular flexibility index (Phi) is 6.90. The maximum absolute atomic E-state index is 13.1. The van der Waals surface area contributed by atoms with E-state index < -0.39 is 24.7 Å². The summed E-state index contributed by atoms with van der Waals surface area (Å²) in [6, 6.07) is 13.2. The number of aromatic nitrogens is 3. The maximum Gasteiger partial charge on any atom is 0.406 e. The minimum Gasteiger partial charge on any atom is -0.330 e. The third-order valence-electron chi connectivity index (χ3n) is 5.43. The van der Waals surface area contributed by atoms with Crippen LogP contribution >= 0.6 is 23.1 Å². The van der Waals surface area contributed by atoms with E-state index in [-0.39, 0.29) is 11.7 Å². The van der Waals surface area contributed by atoms with Crippen LogP contribution in [0.25, 0.3) is 10.7 Å². The molecule has 0 saturated heterocycles. The molecule has 0 bridgehead atoms. The molecule has 1 aliphatic carbocycles. The summed E-state index contributed by atoms with van der Waals surface area (Å²) < 4.78 is 41.3. The monoisotopic (exact) mass is 480 g/mol. The fraction of sp³-hybridized carbons (Fsp3) is 0.409. The van der Waals surface area contributed by atoms with E-state index in [9.17, 15) is 18.0 Å². The van der Waals surface area contributed by atoms with Gasteiger partial charge < -0.3 is 4.90 Å².